The Morgan fingerprint density at radius 3 is 1.82 bits per heavy atom. The van der Waals surface area contributed by atoms with E-state index >= 15 is 11.7 Å². The van der Waals surface area contributed by atoms with Crippen LogP contribution in [0.2, 0.25) is 0 Å². The number of fused-ring (bicyclic) bond motifs is 10. The molecule has 0 unspecified atom stereocenters. The van der Waals surface area contributed by atoms with E-state index in [-0.39, 0.29) is 10.8 Å². The molecule has 0 atom stereocenters. The summed E-state index contributed by atoms with van der Waals surface area (Å²) in [7, 11) is -1.64. The molecular formula is C46H47F3O4S2. The normalized spacial score (nSPS) is 19.1. The third-order valence-corrected chi connectivity index (χ3v) is 13.7. The fraction of sp³-hybridized carbons (Fsp3) is 0.326. The zero-order valence-electron chi connectivity index (χ0n) is 32.6. The molecule has 0 amide bonds. The summed E-state index contributed by atoms with van der Waals surface area (Å²) in [6.45, 7) is 9.01. The summed E-state index contributed by atoms with van der Waals surface area (Å²) >= 11 is 1.58. The number of rotatable bonds is 7. The molecule has 1 heterocycles. The van der Waals surface area contributed by atoms with Gasteiger partial charge < -0.3 is 18.9 Å². The molecule has 288 valence electrons. The van der Waals surface area contributed by atoms with Gasteiger partial charge in [-0.15, -0.1) is 23.4 Å². The van der Waals surface area contributed by atoms with Gasteiger partial charge in [0.2, 0.25) is 0 Å². The Labute approximate surface area is 326 Å². The molecule has 55 heavy (non-hydrogen) atoms. The van der Waals surface area contributed by atoms with Gasteiger partial charge in [-0.3, -0.25) is 0 Å². The van der Waals surface area contributed by atoms with Crippen molar-refractivity contribution in [3.05, 3.63) is 113 Å². The first kappa shape index (κ1) is 37.6. The molecule has 5 aromatic carbocycles. The van der Waals surface area contributed by atoms with Gasteiger partial charge in [-0.1, -0.05) is 64.1 Å². The molecule has 0 bridgehead atoms. The quantitative estimate of drug-likeness (QED) is 0.121. The lowest BCUT2D eigenvalue weighted by Gasteiger charge is -2.52. The molecule has 0 radical (unpaired) electrons. The average molecular weight is 785 g/mol. The topological polar surface area (TPSA) is 36.9 Å². The van der Waals surface area contributed by atoms with Crippen LogP contribution < -0.4 is 18.9 Å². The standard InChI is InChI=1S/C46H47F3O4S2/c1-43(2)25-44(3,4)27-45(26-43)37-22-32(55(9,47,48)49)18-19-33(37)40-35-23-38(52-7)39(54-8)24-36(35)42-34(41(40)45)20-21-46(53-42,28-10-14-30(50-5)15-11-28)29-12-16-31(51-6)17-13-29/h10-24H,9,25-27H2,1-8H3. The fourth-order valence-electron chi connectivity index (χ4n) is 10.4. The van der Waals surface area contributed by atoms with Crippen molar-refractivity contribution in [1.82, 2.24) is 0 Å². The second kappa shape index (κ2) is 12.3. The smallest absolute Gasteiger partial charge is 0.178 e. The first-order chi connectivity index (χ1) is 25.8. The van der Waals surface area contributed by atoms with Crippen LogP contribution in [0.15, 0.2) is 94.7 Å². The third kappa shape index (κ3) is 5.95. The van der Waals surface area contributed by atoms with Gasteiger partial charge in [0.25, 0.3) is 0 Å². The van der Waals surface area contributed by atoms with E-state index in [9.17, 15) is 0 Å². The predicted octanol–water partition coefficient (Wildman–Crippen LogP) is 13.2. The zero-order valence-corrected chi connectivity index (χ0v) is 34.2. The molecule has 1 spiro atoms. The highest BCUT2D eigenvalue weighted by Gasteiger charge is 2.56. The van der Waals surface area contributed by atoms with Crippen LogP contribution in [-0.2, 0) is 11.0 Å². The molecule has 8 rings (SSSR count). The van der Waals surface area contributed by atoms with E-state index in [1.54, 1.807) is 39.2 Å². The highest BCUT2D eigenvalue weighted by Crippen LogP contribution is 2.72. The summed E-state index contributed by atoms with van der Waals surface area (Å²) in [5.41, 5.74) is 4.04. The van der Waals surface area contributed by atoms with Gasteiger partial charge in [0.05, 0.1) is 26.2 Å². The average Bonchev–Trinajstić information content (AvgIpc) is 3.40. The van der Waals surface area contributed by atoms with Gasteiger partial charge in [-0.05, 0) is 124 Å². The highest BCUT2D eigenvalue weighted by molar-refractivity contribution is 8.34. The summed E-state index contributed by atoms with van der Waals surface area (Å²) < 4.78 is 70.5. The largest absolute Gasteiger partial charge is 0.497 e. The van der Waals surface area contributed by atoms with Gasteiger partial charge >= 0.3 is 0 Å². The molecule has 1 fully saturated rings. The number of hydrogen-bond acceptors (Lipinski definition) is 5. The van der Waals surface area contributed by atoms with Crippen molar-refractivity contribution in [2.75, 3.05) is 27.6 Å². The third-order valence-electron chi connectivity index (χ3n) is 11.8. The van der Waals surface area contributed by atoms with Crippen LogP contribution in [0.4, 0.5) is 11.7 Å². The molecule has 1 aliphatic heterocycles. The van der Waals surface area contributed by atoms with E-state index in [0.717, 1.165) is 72.5 Å². The Hall–Kier alpha value is -4.34. The van der Waals surface area contributed by atoms with Crippen molar-refractivity contribution in [1.29, 1.82) is 0 Å². The van der Waals surface area contributed by atoms with Gasteiger partial charge in [0.1, 0.15) is 23.0 Å². The Morgan fingerprint density at radius 1 is 0.727 bits per heavy atom. The number of benzene rings is 5. The molecule has 0 N–H and O–H groups in total. The first-order valence-electron chi connectivity index (χ1n) is 18.4. The minimum Gasteiger partial charge on any atom is -0.497 e. The summed E-state index contributed by atoms with van der Waals surface area (Å²) in [5.74, 6) is 5.67. The van der Waals surface area contributed by atoms with Crippen molar-refractivity contribution >= 4 is 44.4 Å². The Kier molecular flexibility index (Phi) is 8.42. The fourth-order valence-corrected chi connectivity index (χ4v) is 11.6. The molecule has 0 saturated heterocycles. The maximum absolute atomic E-state index is 15.3. The van der Waals surface area contributed by atoms with Crippen LogP contribution in [0.5, 0.6) is 23.0 Å². The molecule has 9 heteroatoms. The number of hydrogen-bond donors (Lipinski definition) is 0. The second-order valence-corrected chi connectivity index (χ2v) is 20.0. The minimum absolute atomic E-state index is 0.177. The number of ether oxygens (including phenoxy) is 4. The lowest BCUT2D eigenvalue weighted by Crippen LogP contribution is -2.44. The summed E-state index contributed by atoms with van der Waals surface area (Å²) in [6.07, 6.45) is 8.58. The lowest BCUT2D eigenvalue weighted by molar-refractivity contribution is 0.0641. The molecule has 5 aromatic rings. The maximum Gasteiger partial charge on any atom is 0.178 e. The monoisotopic (exact) mass is 784 g/mol. The molecule has 4 nitrogen and oxygen atoms in total. The Bertz CT molecular complexity index is 2400. The van der Waals surface area contributed by atoms with Crippen LogP contribution in [-0.4, -0.2) is 33.5 Å². The Morgan fingerprint density at radius 2 is 1.31 bits per heavy atom. The van der Waals surface area contributed by atoms with Crippen molar-refractivity contribution in [3.8, 4) is 34.1 Å². The highest BCUT2D eigenvalue weighted by atomic mass is 32.4. The zero-order chi connectivity index (χ0) is 39.4. The number of methoxy groups -OCH3 is 3. The van der Waals surface area contributed by atoms with Gasteiger partial charge in [0, 0.05) is 32.4 Å². The molecule has 1 saturated carbocycles. The van der Waals surface area contributed by atoms with E-state index < -0.39 is 25.8 Å². The number of thioether (sulfide) groups is 1. The van der Waals surface area contributed by atoms with Gasteiger partial charge in [-0.2, -0.15) is 0 Å². The van der Waals surface area contributed by atoms with E-state index in [2.05, 4.69) is 57.9 Å². The van der Waals surface area contributed by atoms with Crippen LogP contribution in [0.25, 0.3) is 28.0 Å². The Balaban J connectivity index is 1.52. The SMILES string of the molecule is C=S(F)(F)(F)c1ccc2c(c1)C1(CC(C)(C)CC(C)(C)C1)c1c3c(c4cc(SC)c(OC)cc4c1-2)OC(c1ccc(OC)cc1)(c1ccc(OC)cc1)C=C3. The molecule has 3 aliphatic rings. The van der Waals surface area contributed by atoms with Gasteiger partial charge in [-0.25, -0.2) is 0 Å². The molecular weight excluding hydrogens is 738 g/mol. The second-order valence-electron chi connectivity index (χ2n) is 16.9. The van der Waals surface area contributed by atoms with Crippen molar-refractivity contribution in [2.24, 2.45) is 10.8 Å². The van der Waals surface area contributed by atoms with E-state index in [0.29, 0.717) is 24.3 Å². The molecule has 0 aromatic heterocycles. The van der Waals surface area contributed by atoms with Crippen molar-refractivity contribution in [2.45, 2.75) is 67.8 Å². The summed E-state index contributed by atoms with van der Waals surface area (Å²) in [4.78, 5) is 0.285. The van der Waals surface area contributed by atoms with Crippen molar-refractivity contribution in [3.63, 3.8) is 0 Å². The predicted molar refractivity (Wildman–Crippen MR) is 223 cm³/mol. The van der Waals surface area contributed by atoms with Crippen LogP contribution in [0.1, 0.15) is 74.8 Å². The van der Waals surface area contributed by atoms with Crippen molar-refractivity contribution < 1.29 is 30.6 Å². The number of halogens is 3. The van der Waals surface area contributed by atoms with Crippen LogP contribution >= 0.6 is 21.7 Å². The first-order valence-corrected chi connectivity index (χ1v) is 21.5. The summed E-state index contributed by atoms with van der Waals surface area (Å²) in [5, 5.41) is 1.75. The van der Waals surface area contributed by atoms with Crippen LogP contribution in [0, 0.1) is 10.8 Å². The minimum atomic E-state index is -6.58. The van der Waals surface area contributed by atoms with Gasteiger partial charge in [0.15, 0.2) is 15.5 Å². The summed E-state index contributed by atoms with van der Waals surface area (Å²) in [6, 6.07) is 24.3. The van der Waals surface area contributed by atoms with E-state index in [4.69, 9.17) is 18.9 Å². The van der Waals surface area contributed by atoms with Crippen LogP contribution in [0.3, 0.4) is 0 Å². The lowest BCUT2D eigenvalue weighted by atomic mass is 9.52. The maximum atomic E-state index is 15.3. The van der Waals surface area contributed by atoms with E-state index in [1.165, 1.54) is 12.1 Å². The van der Waals surface area contributed by atoms with E-state index in [1.807, 2.05) is 54.8 Å². The molecule has 2 aliphatic carbocycles.